The van der Waals surface area contributed by atoms with E-state index in [1.807, 2.05) is 19.4 Å². The van der Waals surface area contributed by atoms with Crippen molar-refractivity contribution in [1.29, 1.82) is 0 Å². The predicted molar refractivity (Wildman–Crippen MR) is 44.1 cm³/mol. The second-order valence-electron chi connectivity index (χ2n) is 2.07. The van der Waals surface area contributed by atoms with Gasteiger partial charge in [0, 0.05) is 23.9 Å². The molecular formula is C6H11N3OS. The van der Waals surface area contributed by atoms with Crippen LogP contribution in [-0.2, 0) is 11.9 Å². The Hall–Kier alpha value is -0.520. The van der Waals surface area contributed by atoms with Crippen molar-refractivity contribution in [2.45, 2.75) is 4.90 Å². The highest BCUT2D eigenvalue weighted by molar-refractivity contribution is 7.99. The van der Waals surface area contributed by atoms with Crippen molar-refractivity contribution in [1.82, 2.24) is 9.78 Å². The third-order valence-electron chi connectivity index (χ3n) is 1.15. The molecule has 1 rings (SSSR count). The molecule has 5 heteroatoms. The zero-order valence-electron chi connectivity index (χ0n) is 6.36. The van der Waals surface area contributed by atoms with Crippen LogP contribution in [0.2, 0.25) is 0 Å². The quantitative estimate of drug-likeness (QED) is 0.407. The Morgan fingerprint density at radius 3 is 3.18 bits per heavy atom. The summed E-state index contributed by atoms with van der Waals surface area (Å²) in [7, 11) is 1.89. The highest BCUT2D eigenvalue weighted by Crippen LogP contribution is 2.15. The summed E-state index contributed by atoms with van der Waals surface area (Å²) in [5.41, 5.74) is 0. The normalized spacial score (nSPS) is 10.4. The highest BCUT2D eigenvalue weighted by Gasteiger charge is 1.95. The van der Waals surface area contributed by atoms with Gasteiger partial charge in [-0.25, -0.2) is 5.90 Å². The SMILES string of the molecule is Cn1cc(SCCON)cn1. The summed E-state index contributed by atoms with van der Waals surface area (Å²) < 4.78 is 1.77. The number of thioether (sulfide) groups is 1. The fourth-order valence-electron chi connectivity index (χ4n) is 0.681. The summed E-state index contributed by atoms with van der Waals surface area (Å²) in [5, 5.41) is 4.02. The first-order chi connectivity index (χ1) is 5.33. The maximum atomic E-state index is 4.86. The van der Waals surface area contributed by atoms with E-state index < -0.39 is 0 Å². The zero-order valence-corrected chi connectivity index (χ0v) is 7.17. The van der Waals surface area contributed by atoms with E-state index in [0.29, 0.717) is 6.61 Å². The molecule has 1 aromatic rings. The maximum Gasteiger partial charge on any atom is 0.0773 e. The average molecular weight is 173 g/mol. The molecule has 0 saturated carbocycles. The van der Waals surface area contributed by atoms with E-state index >= 15 is 0 Å². The zero-order chi connectivity index (χ0) is 8.10. The molecule has 0 atom stereocenters. The molecule has 0 saturated heterocycles. The molecule has 0 amide bonds. The number of aryl methyl sites for hydroxylation is 1. The van der Waals surface area contributed by atoms with Gasteiger partial charge in [0.2, 0.25) is 0 Å². The van der Waals surface area contributed by atoms with Crippen LogP contribution in [0.3, 0.4) is 0 Å². The lowest BCUT2D eigenvalue weighted by Crippen LogP contribution is -2.02. The molecule has 11 heavy (non-hydrogen) atoms. The van der Waals surface area contributed by atoms with E-state index in [2.05, 4.69) is 9.94 Å². The molecule has 0 unspecified atom stereocenters. The van der Waals surface area contributed by atoms with Gasteiger partial charge in [0.1, 0.15) is 0 Å². The molecule has 1 aromatic heterocycles. The predicted octanol–water partition coefficient (Wildman–Crippen LogP) is 0.402. The van der Waals surface area contributed by atoms with E-state index in [9.17, 15) is 0 Å². The minimum Gasteiger partial charge on any atom is -0.304 e. The van der Waals surface area contributed by atoms with Crippen LogP contribution in [0.25, 0.3) is 0 Å². The van der Waals surface area contributed by atoms with Crippen molar-refractivity contribution in [2.24, 2.45) is 12.9 Å². The molecule has 0 radical (unpaired) electrons. The fourth-order valence-corrected chi connectivity index (χ4v) is 1.44. The first-order valence-corrected chi connectivity index (χ1v) is 4.24. The number of nitrogens with two attached hydrogens (primary N) is 1. The van der Waals surface area contributed by atoms with Gasteiger partial charge in [0.15, 0.2) is 0 Å². The van der Waals surface area contributed by atoms with Crippen LogP contribution >= 0.6 is 11.8 Å². The molecule has 4 nitrogen and oxygen atoms in total. The van der Waals surface area contributed by atoms with Gasteiger partial charge in [-0.2, -0.15) is 5.10 Å². The van der Waals surface area contributed by atoms with Gasteiger partial charge in [0.25, 0.3) is 0 Å². The lowest BCUT2D eigenvalue weighted by molar-refractivity contribution is 0.155. The Balaban J connectivity index is 2.27. The van der Waals surface area contributed by atoms with Crippen molar-refractivity contribution >= 4 is 11.8 Å². The molecule has 0 bridgehead atoms. The summed E-state index contributed by atoms with van der Waals surface area (Å²) in [6.07, 6.45) is 3.78. The molecule has 62 valence electrons. The molecule has 0 aliphatic rings. The van der Waals surface area contributed by atoms with Crippen molar-refractivity contribution in [3.8, 4) is 0 Å². The Kier molecular flexibility index (Phi) is 3.41. The molecule has 0 spiro atoms. The van der Waals surface area contributed by atoms with Gasteiger partial charge in [-0.3, -0.25) is 4.68 Å². The van der Waals surface area contributed by atoms with Gasteiger partial charge < -0.3 is 4.84 Å². The number of hydrogen-bond donors (Lipinski definition) is 1. The van der Waals surface area contributed by atoms with E-state index in [4.69, 9.17) is 5.90 Å². The Bertz CT molecular complexity index is 213. The standard InChI is InChI=1S/C6H11N3OS/c1-9-5-6(4-8-9)11-3-2-10-7/h4-5H,2-3,7H2,1H3. The minimum absolute atomic E-state index is 0.569. The van der Waals surface area contributed by atoms with E-state index in [1.54, 1.807) is 16.4 Å². The molecule has 0 aliphatic carbocycles. The largest absolute Gasteiger partial charge is 0.304 e. The van der Waals surface area contributed by atoms with Gasteiger partial charge in [-0.1, -0.05) is 0 Å². The molecule has 2 N–H and O–H groups in total. The minimum atomic E-state index is 0.569. The van der Waals surface area contributed by atoms with E-state index in [-0.39, 0.29) is 0 Å². The fraction of sp³-hybridized carbons (Fsp3) is 0.500. The number of nitrogens with zero attached hydrogens (tertiary/aromatic N) is 2. The Morgan fingerprint density at radius 2 is 2.64 bits per heavy atom. The van der Waals surface area contributed by atoms with Crippen LogP contribution < -0.4 is 5.90 Å². The smallest absolute Gasteiger partial charge is 0.0773 e. The Labute approximate surface area is 69.7 Å². The summed E-state index contributed by atoms with van der Waals surface area (Å²) >= 11 is 1.68. The van der Waals surface area contributed by atoms with Crippen molar-refractivity contribution in [3.63, 3.8) is 0 Å². The first-order valence-electron chi connectivity index (χ1n) is 3.26. The summed E-state index contributed by atoms with van der Waals surface area (Å²) in [4.78, 5) is 5.57. The molecular weight excluding hydrogens is 162 g/mol. The van der Waals surface area contributed by atoms with Crippen LogP contribution in [0.15, 0.2) is 17.3 Å². The number of hydrogen-bond acceptors (Lipinski definition) is 4. The third kappa shape index (κ3) is 2.92. The molecule has 0 fully saturated rings. The second-order valence-corrected chi connectivity index (χ2v) is 3.24. The summed E-state index contributed by atoms with van der Waals surface area (Å²) in [5.74, 6) is 5.73. The van der Waals surface area contributed by atoms with Gasteiger partial charge >= 0.3 is 0 Å². The topological polar surface area (TPSA) is 53.1 Å². The lowest BCUT2D eigenvalue weighted by Gasteiger charge is -1.94. The molecule has 0 aromatic carbocycles. The summed E-state index contributed by atoms with van der Waals surface area (Å²) in [6.45, 7) is 0.569. The van der Waals surface area contributed by atoms with Crippen LogP contribution in [0.1, 0.15) is 0 Å². The molecule has 1 heterocycles. The van der Waals surface area contributed by atoms with Crippen molar-refractivity contribution < 1.29 is 4.84 Å². The van der Waals surface area contributed by atoms with Gasteiger partial charge in [0.05, 0.1) is 12.8 Å². The first kappa shape index (κ1) is 8.58. The Morgan fingerprint density at radius 1 is 1.82 bits per heavy atom. The van der Waals surface area contributed by atoms with E-state index in [1.165, 1.54) is 0 Å². The summed E-state index contributed by atoms with van der Waals surface area (Å²) in [6, 6.07) is 0. The van der Waals surface area contributed by atoms with Crippen molar-refractivity contribution in [2.75, 3.05) is 12.4 Å². The van der Waals surface area contributed by atoms with Crippen LogP contribution in [0.5, 0.6) is 0 Å². The van der Waals surface area contributed by atoms with Gasteiger partial charge in [-0.05, 0) is 0 Å². The second kappa shape index (κ2) is 4.38. The number of aromatic nitrogens is 2. The van der Waals surface area contributed by atoms with Crippen LogP contribution in [0, 0.1) is 0 Å². The highest BCUT2D eigenvalue weighted by atomic mass is 32.2. The number of rotatable bonds is 4. The van der Waals surface area contributed by atoms with Crippen LogP contribution in [-0.4, -0.2) is 22.1 Å². The van der Waals surface area contributed by atoms with Gasteiger partial charge in [-0.15, -0.1) is 11.8 Å². The average Bonchev–Trinajstić information content (AvgIpc) is 2.37. The van der Waals surface area contributed by atoms with Crippen LogP contribution in [0.4, 0.5) is 0 Å². The third-order valence-corrected chi connectivity index (χ3v) is 2.07. The van der Waals surface area contributed by atoms with Crippen molar-refractivity contribution in [3.05, 3.63) is 12.4 Å². The van der Waals surface area contributed by atoms with E-state index in [0.717, 1.165) is 10.6 Å². The lowest BCUT2D eigenvalue weighted by atomic mass is 10.7. The monoisotopic (exact) mass is 173 g/mol. The molecule has 0 aliphatic heterocycles. The maximum absolute atomic E-state index is 4.86.